The van der Waals surface area contributed by atoms with Gasteiger partial charge < -0.3 is 5.73 Å². The predicted octanol–water partition coefficient (Wildman–Crippen LogP) is 0.259. The second-order valence-electron chi connectivity index (χ2n) is 4.15. The summed E-state index contributed by atoms with van der Waals surface area (Å²) in [4.78, 5) is 8.13. The highest BCUT2D eigenvalue weighted by atomic mass is 32.2. The normalized spacial score (nSPS) is 16.4. The fraction of sp³-hybridized carbons (Fsp3) is 0.600. The van der Waals surface area contributed by atoms with E-state index in [0.717, 1.165) is 30.5 Å². The first-order chi connectivity index (χ1) is 7.50. The van der Waals surface area contributed by atoms with Crippen LogP contribution in [0.2, 0.25) is 0 Å². The Hall–Kier alpha value is -1.01. The Kier molecular flexibility index (Phi) is 2.94. The van der Waals surface area contributed by atoms with Crippen molar-refractivity contribution in [1.29, 1.82) is 0 Å². The molecule has 6 heteroatoms. The summed E-state index contributed by atoms with van der Waals surface area (Å²) in [7, 11) is -3.33. The van der Waals surface area contributed by atoms with Gasteiger partial charge in [0.2, 0.25) is 15.0 Å². The standard InChI is InChI=1S/C10H15N3O2S/c1-16(14,15)10-12-8(4-5-11)6-9(13-10)7-2-3-7/h6-7H,2-5,11H2,1H3. The summed E-state index contributed by atoms with van der Waals surface area (Å²) in [5.41, 5.74) is 7.02. The van der Waals surface area contributed by atoms with Crippen molar-refractivity contribution in [3.63, 3.8) is 0 Å². The number of hydrogen-bond acceptors (Lipinski definition) is 5. The minimum Gasteiger partial charge on any atom is -0.330 e. The van der Waals surface area contributed by atoms with Crippen LogP contribution >= 0.6 is 0 Å². The monoisotopic (exact) mass is 241 g/mol. The molecular formula is C10H15N3O2S. The summed E-state index contributed by atoms with van der Waals surface area (Å²) in [6.07, 6.45) is 3.89. The van der Waals surface area contributed by atoms with Crippen molar-refractivity contribution in [3.05, 3.63) is 17.5 Å². The summed E-state index contributed by atoms with van der Waals surface area (Å²) < 4.78 is 22.9. The minimum atomic E-state index is -3.33. The lowest BCUT2D eigenvalue weighted by molar-refractivity contribution is 0.590. The molecule has 1 aliphatic rings. The Morgan fingerprint density at radius 1 is 1.44 bits per heavy atom. The Balaban J connectivity index is 2.44. The first-order valence-electron chi connectivity index (χ1n) is 5.28. The van der Waals surface area contributed by atoms with Crippen LogP contribution in [0.1, 0.15) is 30.1 Å². The predicted molar refractivity (Wildman–Crippen MR) is 59.9 cm³/mol. The first kappa shape index (κ1) is 11.5. The van der Waals surface area contributed by atoms with E-state index in [1.807, 2.05) is 6.07 Å². The third-order valence-electron chi connectivity index (χ3n) is 2.51. The van der Waals surface area contributed by atoms with Gasteiger partial charge in [-0.05, 0) is 25.5 Å². The highest BCUT2D eigenvalue weighted by molar-refractivity contribution is 7.90. The third-order valence-corrected chi connectivity index (χ3v) is 3.35. The maximum atomic E-state index is 11.4. The first-order valence-corrected chi connectivity index (χ1v) is 7.18. The molecule has 0 bridgehead atoms. The number of nitrogens with two attached hydrogens (primary N) is 1. The maximum Gasteiger partial charge on any atom is 0.247 e. The van der Waals surface area contributed by atoms with E-state index in [9.17, 15) is 8.42 Å². The quantitative estimate of drug-likeness (QED) is 0.764. The molecule has 0 radical (unpaired) electrons. The van der Waals surface area contributed by atoms with Gasteiger partial charge in [0.15, 0.2) is 0 Å². The molecule has 0 saturated heterocycles. The smallest absolute Gasteiger partial charge is 0.247 e. The van der Waals surface area contributed by atoms with Crippen molar-refractivity contribution in [1.82, 2.24) is 9.97 Å². The van der Waals surface area contributed by atoms with Gasteiger partial charge in [-0.2, -0.15) is 0 Å². The second kappa shape index (κ2) is 4.10. The number of rotatable bonds is 4. The lowest BCUT2D eigenvalue weighted by atomic mass is 10.2. The van der Waals surface area contributed by atoms with Crippen molar-refractivity contribution in [2.24, 2.45) is 5.73 Å². The average Bonchev–Trinajstić information content (AvgIpc) is 2.99. The highest BCUT2D eigenvalue weighted by Crippen LogP contribution is 2.39. The summed E-state index contributed by atoms with van der Waals surface area (Å²) in [5.74, 6) is 0.417. The Bertz CT molecular complexity index is 495. The van der Waals surface area contributed by atoms with E-state index < -0.39 is 9.84 Å². The van der Waals surface area contributed by atoms with Gasteiger partial charge in [0.25, 0.3) is 0 Å². The molecule has 16 heavy (non-hydrogen) atoms. The minimum absolute atomic E-state index is 0.0691. The fourth-order valence-electron chi connectivity index (χ4n) is 1.52. The zero-order chi connectivity index (χ0) is 11.8. The van der Waals surface area contributed by atoms with Crippen molar-refractivity contribution in [2.75, 3.05) is 12.8 Å². The number of hydrogen-bond donors (Lipinski definition) is 1. The molecule has 1 heterocycles. The zero-order valence-electron chi connectivity index (χ0n) is 9.18. The zero-order valence-corrected chi connectivity index (χ0v) is 10.00. The molecule has 2 rings (SSSR count). The molecule has 5 nitrogen and oxygen atoms in total. The molecule has 2 N–H and O–H groups in total. The van der Waals surface area contributed by atoms with E-state index in [1.54, 1.807) is 0 Å². The van der Waals surface area contributed by atoms with Crippen LogP contribution in [-0.2, 0) is 16.3 Å². The van der Waals surface area contributed by atoms with Crippen LogP contribution in [0.25, 0.3) is 0 Å². The summed E-state index contributed by atoms with van der Waals surface area (Å²) in [6.45, 7) is 0.463. The van der Waals surface area contributed by atoms with E-state index in [0.29, 0.717) is 18.9 Å². The van der Waals surface area contributed by atoms with Crippen LogP contribution in [0.3, 0.4) is 0 Å². The Labute approximate surface area is 95.0 Å². The fourth-order valence-corrected chi connectivity index (χ4v) is 2.08. The topological polar surface area (TPSA) is 85.9 Å². The van der Waals surface area contributed by atoms with Crippen LogP contribution in [0.4, 0.5) is 0 Å². The van der Waals surface area contributed by atoms with Gasteiger partial charge in [-0.15, -0.1) is 0 Å². The molecule has 0 aromatic carbocycles. The Morgan fingerprint density at radius 2 is 2.12 bits per heavy atom. The van der Waals surface area contributed by atoms with Crippen LogP contribution in [0, 0.1) is 0 Å². The van der Waals surface area contributed by atoms with Crippen LogP contribution < -0.4 is 5.73 Å². The van der Waals surface area contributed by atoms with Gasteiger partial charge in [0.05, 0.1) is 0 Å². The summed E-state index contributed by atoms with van der Waals surface area (Å²) in [5, 5.41) is -0.0691. The molecule has 1 fully saturated rings. The van der Waals surface area contributed by atoms with Crippen LogP contribution in [0.15, 0.2) is 11.2 Å². The van der Waals surface area contributed by atoms with Crippen molar-refractivity contribution in [3.8, 4) is 0 Å². The van der Waals surface area contributed by atoms with Gasteiger partial charge in [-0.25, -0.2) is 18.4 Å². The van der Waals surface area contributed by atoms with Gasteiger partial charge in [-0.1, -0.05) is 0 Å². The van der Waals surface area contributed by atoms with Crippen LogP contribution in [0.5, 0.6) is 0 Å². The van der Waals surface area contributed by atoms with Gasteiger partial charge >= 0.3 is 0 Å². The van der Waals surface area contributed by atoms with E-state index in [2.05, 4.69) is 9.97 Å². The molecule has 1 aromatic heterocycles. The summed E-state index contributed by atoms with van der Waals surface area (Å²) >= 11 is 0. The number of sulfone groups is 1. The SMILES string of the molecule is CS(=O)(=O)c1nc(CCN)cc(C2CC2)n1. The largest absolute Gasteiger partial charge is 0.330 e. The molecule has 1 aliphatic carbocycles. The lowest BCUT2D eigenvalue weighted by Crippen LogP contribution is -2.11. The van der Waals surface area contributed by atoms with Crippen molar-refractivity contribution >= 4 is 9.84 Å². The van der Waals surface area contributed by atoms with E-state index in [1.165, 1.54) is 0 Å². The molecule has 0 aliphatic heterocycles. The van der Waals surface area contributed by atoms with Gasteiger partial charge in [-0.3, -0.25) is 0 Å². The van der Waals surface area contributed by atoms with E-state index in [-0.39, 0.29) is 5.16 Å². The number of nitrogens with zero attached hydrogens (tertiary/aromatic N) is 2. The highest BCUT2D eigenvalue weighted by Gasteiger charge is 2.27. The second-order valence-corrected chi connectivity index (χ2v) is 6.06. The van der Waals surface area contributed by atoms with Gasteiger partial charge in [0.1, 0.15) is 0 Å². The lowest BCUT2D eigenvalue weighted by Gasteiger charge is -2.05. The molecule has 0 atom stereocenters. The summed E-state index contributed by atoms with van der Waals surface area (Å²) in [6, 6.07) is 1.87. The molecule has 1 aromatic rings. The molecule has 0 amide bonds. The number of aromatic nitrogens is 2. The average molecular weight is 241 g/mol. The van der Waals surface area contributed by atoms with Crippen molar-refractivity contribution in [2.45, 2.75) is 30.3 Å². The molecule has 0 spiro atoms. The van der Waals surface area contributed by atoms with Crippen molar-refractivity contribution < 1.29 is 8.42 Å². The van der Waals surface area contributed by atoms with E-state index >= 15 is 0 Å². The molecule has 88 valence electrons. The van der Waals surface area contributed by atoms with Crippen LogP contribution in [-0.4, -0.2) is 31.2 Å². The van der Waals surface area contributed by atoms with Gasteiger partial charge in [0, 0.05) is 30.0 Å². The maximum absolute atomic E-state index is 11.4. The third kappa shape index (κ3) is 2.56. The van der Waals surface area contributed by atoms with E-state index in [4.69, 9.17) is 5.73 Å². The molecule has 0 unspecified atom stereocenters. The Morgan fingerprint density at radius 3 is 2.62 bits per heavy atom. The molecular weight excluding hydrogens is 226 g/mol. The molecule has 1 saturated carbocycles.